The van der Waals surface area contributed by atoms with Crippen LogP contribution in [0.25, 0.3) is 11.1 Å². The van der Waals surface area contributed by atoms with Crippen LogP contribution in [-0.4, -0.2) is 59.7 Å². The minimum atomic E-state index is -4.84. The van der Waals surface area contributed by atoms with Gasteiger partial charge in [0.1, 0.15) is 12.6 Å². The molecule has 0 fully saturated rings. The van der Waals surface area contributed by atoms with Crippen molar-refractivity contribution in [1.29, 1.82) is 0 Å². The fourth-order valence-electron chi connectivity index (χ4n) is 3.79. The zero-order valence-corrected chi connectivity index (χ0v) is 17.8. The van der Waals surface area contributed by atoms with Crippen molar-refractivity contribution in [3.8, 4) is 11.1 Å². The van der Waals surface area contributed by atoms with Crippen molar-refractivity contribution < 1.29 is 42.5 Å². The summed E-state index contributed by atoms with van der Waals surface area (Å²) in [6, 6.07) is 13.7. The molecule has 0 bridgehead atoms. The van der Waals surface area contributed by atoms with Crippen LogP contribution >= 0.6 is 0 Å². The summed E-state index contributed by atoms with van der Waals surface area (Å²) in [7, 11) is 0. The highest BCUT2D eigenvalue weighted by molar-refractivity contribution is 5.89. The number of alkyl halides is 3. The van der Waals surface area contributed by atoms with Crippen LogP contribution < -0.4 is 10.6 Å². The molecule has 0 saturated heterocycles. The number of alkyl carbamates (subject to hydrolysis) is 1. The first-order valence-electron chi connectivity index (χ1n) is 10.4. The molecule has 1 aliphatic rings. The van der Waals surface area contributed by atoms with Crippen molar-refractivity contribution in [3.05, 3.63) is 59.7 Å². The van der Waals surface area contributed by atoms with E-state index in [1.54, 1.807) is 0 Å². The lowest BCUT2D eigenvalue weighted by atomic mass is 9.98. The molecule has 0 heterocycles. The third-order valence-corrected chi connectivity index (χ3v) is 5.43. The van der Waals surface area contributed by atoms with Crippen LogP contribution in [0.15, 0.2) is 48.5 Å². The van der Waals surface area contributed by atoms with Crippen LogP contribution in [0.3, 0.4) is 0 Å². The van der Waals surface area contributed by atoms with Gasteiger partial charge in [0.2, 0.25) is 5.91 Å². The molecule has 2 amide bonds. The van der Waals surface area contributed by atoms with Gasteiger partial charge in [0, 0.05) is 12.5 Å². The summed E-state index contributed by atoms with van der Waals surface area (Å²) in [4.78, 5) is 35.7. The van der Waals surface area contributed by atoms with E-state index in [0.29, 0.717) is 0 Å². The van der Waals surface area contributed by atoms with Crippen LogP contribution in [0, 0.1) is 0 Å². The number of carboxylic acid groups (broad SMARTS) is 1. The Bertz CT molecular complexity index is 1010. The minimum Gasteiger partial charge on any atom is -0.481 e. The average molecular weight is 480 g/mol. The highest BCUT2D eigenvalue weighted by atomic mass is 19.4. The second kappa shape index (κ2) is 10.6. The molecule has 182 valence electrons. The molecule has 3 rings (SSSR count). The Balaban J connectivity index is 1.59. The number of benzene rings is 2. The Morgan fingerprint density at radius 1 is 1.00 bits per heavy atom. The number of carboxylic acids is 1. The van der Waals surface area contributed by atoms with Gasteiger partial charge >= 0.3 is 18.2 Å². The Morgan fingerprint density at radius 2 is 1.56 bits per heavy atom. The number of aliphatic carboxylic acids is 1. The van der Waals surface area contributed by atoms with Gasteiger partial charge in [0.05, 0.1) is 6.42 Å². The molecular weight excluding hydrogens is 457 g/mol. The second-order valence-electron chi connectivity index (χ2n) is 7.76. The van der Waals surface area contributed by atoms with Gasteiger partial charge in [-0.25, -0.2) is 4.79 Å². The third kappa shape index (κ3) is 6.04. The van der Waals surface area contributed by atoms with Crippen LogP contribution in [-0.2, 0) is 14.3 Å². The Morgan fingerprint density at radius 3 is 2.09 bits per heavy atom. The maximum atomic E-state index is 12.4. The molecule has 0 aromatic heterocycles. The minimum absolute atomic E-state index is 0.0704. The van der Waals surface area contributed by atoms with E-state index in [-0.39, 0.29) is 12.5 Å². The van der Waals surface area contributed by atoms with Gasteiger partial charge in [-0.1, -0.05) is 48.5 Å². The quantitative estimate of drug-likeness (QED) is 0.438. The molecule has 1 aliphatic carbocycles. The van der Waals surface area contributed by atoms with Crippen molar-refractivity contribution in [2.75, 3.05) is 13.2 Å². The average Bonchev–Trinajstić information content (AvgIpc) is 3.10. The summed E-state index contributed by atoms with van der Waals surface area (Å²) in [6.45, 7) is -0.638. The molecule has 34 heavy (non-hydrogen) atoms. The molecular formula is C23H23F3N2O6. The molecule has 2 atom stereocenters. The summed E-state index contributed by atoms with van der Waals surface area (Å²) < 4.78 is 42.4. The summed E-state index contributed by atoms with van der Waals surface area (Å²) in [5.74, 6) is -2.67. The highest BCUT2D eigenvalue weighted by Gasteiger charge is 2.38. The van der Waals surface area contributed by atoms with E-state index in [4.69, 9.17) is 14.9 Å². The number of ether oxygens (including phenoxy) is 1. The number of hydrogen-bond acceptors (Lipinski definition) is 5. The van der Waals surface area contributed by atoms with E-state index < -0.39 is 55.7 Å². The van der Waals surface area contributed by atoms with Crippen molar-refractivity contribution in [3.63, 3.8) is 0 Å². The molecule has 2 aromatic carbocycles. The molecule has 0 saturated carbocycles. The van der Waals surface area contributed by atoms with Crippen LogP contribution in [0.1, 0.15) is 29.9 Å². The van der Waals surface area contributed by atoms with Gasteiger partial charge < -0.3 is 25.6 Å². The topological polar surface area (TPSA) is 125 Å². The first kappa shape index (κ1) is 25.0. The van der Waals surface area contributed by atoms with Crippen molar-refractivity contribution in [2.24, 2.45) is 0 Å². The number of halogens is 3. The highest BCUT2D eigenvalue weighted by Crippen LogP contribution is 2.44. The van der Waals surface area contributed by atoms with Crippen molar-refractivity contribution >= 4 is 18.0 Å². The SMILES string of the molecule is O=C(O)CC(NC(=O)OCC1c2ccccc2-c2ccccc21)C(=O)NCCC(O)C(F)(F)F. The van der Waals surface area contributed by atoms with Crippen LogP contribution in [0.4, 0.5) is 18.0 Å². The molecule has 8 nitrogen and oxygen atoms in total. The van der Waals surface area contributed by atoms with Gasteiger partial charge in [-0.2, -0.15) is 13.2 Å². The largest absolute Gasteiger partial charge is 0.481 e. The molecule has 0 aliphatic heterocycles. The number of aliphatic hydroxyl groups is 1. The molecule has 2 aromatic rings. The second-order valence-corrected chi connectivity index (χ2v) is 7.76. The maximum absolute atomic E-state index is 12.4. The zero-order chi connectivity index (χ0) is 24.9. The van der Waals surface area contributed by atoms with E-state index in [9.17, 15) is 27.6 Å². The van der Waals surface area contributed by atoms with Gasteiger partial charge in [0.25, 0.3) is 0 Å². The van der Waals surface area contributed by atoms with Crippen LogP contribution in [0.2, 0.25) is 0 Å². The van der Waals surface area contributed by atoms with E-state index in [2.05, 4.69) is 10.6 Å². The lowest BCUT2D eigenvalue weighted by molar-refractivity contribution is -0.205. The van der Waals surface area contributed by atoms with Gasteiger partial charge in [0.15, 0.2) is 6.10 Å². The first-order valence-corrected chi connectivity index (χ1v) is 10.4. The number of amides is 2. The zero-order valence-electron chi connectivity index (χ0n) is 17.8. The lowest BCUT2D eigenvalue weighted by Crippen LogP contribution is -2.48. The summed E-state index contributed by atoms with van der Waals surface area (Å²) in [5, 5.41) is 22.2. The third-order valence-electron chi connectivity index (χ3n) is 5.43. The van der Waals surface area contributed by atoms with Crippen molar-refractivity contribution in [2.45, 2.75) is 37.1 Å². The van der Waals surface area contributed by atoms with E-state index in [0.717, 1.165) is 22.3 Å². The van der Waals surface area contributed by atoms with E-state index >= 15 is 0 Å². The normalized spacial score (nSPS) is 14.5. The lowest BCUT2D eigenvalue weighted by Gasteiger charge is -2.19. The van der Waals surface area contributed by atoms with E-state index in [1.807, 2.05) is 48.5 Å². The molecule has 4 N–H and O–H groups in total. The number of fused-ring (bicyclic) bond motifs is 3. The monoisotopic (exact) mass is 480 g/mol. The fraction of sp³-hybridized carbons (Fsp3) is 0.348. The van der Waals surface area contributed by atoms with E-state index in [1.165, 1.54) is 0 Å². The predicted octanol–water partition coefficient (Wildman–Crippen LogP) is 2.80. The van der Waals surface area contributed by atoms with Crippen LogP contribution in [0.5, 0.6) is 0 Å². The van der Waals surface area contributed by atoms with Gasteiger partial charge in [-0.15, -0.1) is 0 Å². The predicted molar refractivity (Wildman–Crippen MR) is 114 cm³/mol. The smallest absolute Gasteiger partial charge is 0.414 e. The van der Waals surface area contributed by atoms with Gasteiger partial charge in [-0.05, 0) is 28.7 Å². The number of carbonyl (C=O) groups is 3. The first-order chi connectivity index (χ1) is 16.1. The molecule has 0 spiro atoms. The summed E-state index contributed by atoms with van der Waals surface area (Å²) in [5.41, 5.74) is 3.94. The molecule has 2 unspecified atom stereocenters. The number of aliphatic hydroxyl groups excluding tert-OH is 1. The standard InChI is InChI=1S/C23H23F3N2O6/c24-23(25,26)19(29)9-10-27-21(32)18(11-20(30)31)28-22(33)34-12-17-15-7-3-1-5-13(15)14-6-2-4-8-16(14)17/h1-8,17-19,29H,9-12H2,(H,27,32)(H,28,33)(H,30,31). The number of hydrogen-bond donors (Lipinski definition) is 4. The summed E-state index contributed by atoms with van der Waals surface area (Å²) >= 11 is 0. The number of nitrogens with one attached hydrogen (secondary N) is 2. The Labute approximate surface area is 192 Å². The maximum Gasteiger partial charge on any atom is 0.414 e. The van der Waals surface area contributed by atoms with Gasteiger partial charge in [-0.3, -0.25) is 9.59 Å². The number of carbonyl (C=O) groups excluding carboxylic acids is 2. The Kier molecular flexibility index (Phi) is 7.77. The van der Waals surface area contributed by atoms with Crippen molar-refractivity contribution in [1.82, 2.24) is 10.6 Å². The Hall–Kier alpha value is -3.60. The fourth-order valence-corrected chi connectivity index (χ4v) is 3.79. The number of rotatable bonds is 9. The molecule has 11 heteroatoms. The molecule has 0 radical (unpaired) electrons. The summed E-state index contributed by atoms with van der Waals surface area (Å²) in [6.07, 6.45) is -10.2.